The molecule has 0 amide bonds. The van der Waals surface area contributed by atoms with Crippen LogP contribution in [0.2, 0.25) is 0 Å². The molecule has 0 heterocycles. The average molecular weight is 425 g/mol. The van der Waals surface area contributed by atoms with E-state index in [9.17, 15) is 8.78 Å². The molecule has 2 aromatic carbocycles. The average Bonchev–Trinajstić information content (AvgIpc) is 2.80. The van der Waals surface area contributed by atoms with Gasteiger partial charge in [0.2, 0.25) is 5.82 Å². The normalized spacial score (nSPS) is 18.3. The summed E-state index contributed by atoms with van der Waals surface area (Å²) >= 11 is 0. The van der Waals surface area contributed by atoms with Crippen molar-refractivity contribution in [3.05, 3.63) is 64.7 Å². The van der Waals surface area contributed by atoms with Crippen LogP contribution in [0.25, 0.3) is 0 Å². The molecular weight excluding hydrogens is 390 g/mol. The van der Waals surface area contributed by atoms with Gasteiger partial charge in [0.15, 0.2) is 11.6 Å². The highest BCUT2D eigenvalue weighted by Crippen LogP contribution is 2.37. The molecule has 0 aromatic heterocycles. The van der Waals surface area contributed by atoms with Crippen LogP contribution in [-0.2, 0) is 0 Å². The molecule has 0 bridgehead atoms. The number of hydrogen-bond acceptors (Lipinski definition) is 1. The van der Waals surface area contributed by atoms with Gasteiger partial charge < -0.3 is 4.74 Å². The first kappa shape index (κ1) is 23.3. The summed E-state index contributed by atoms with van der Waals surface area (Å²) in [6, 6.07) is 11.2. The summed E-state index contributed by atoms with van der Waals surface area (Å²) in [6.07, 6.45) is 10.7. The van der Waals surface area contributed by atoms with Gasteiger partial charge in [-0.1, -0.05) is 63.5 Å². The van der Waals surface area contributed by atoms with Crippen molar-refractivity contribution in [2.75, 3.05) is 6.61 Å². The van der Waals surface area contributed by atoms with E-state index in [-0.39, 0.29) is 11.3 Å². The van der Waals surface area contributed by atoms with Gasteiger partial charge in [0.25, 0.3) is 0 Å². The molecule has 1 saturated carbocycles. The topological polar surface area (TPSA) is 9.23 Å². The highest BCUT2D eigenvalue weighted by molar-refractivity contribution is 5.46. The van der Waals surface area contributed by atoms with Gasteiger partial charge in [-0.3, -0.25) is 0 Å². The van der Waals surface area contributed by atoms with Crippen LogP contribution >= 0.6 is 0 Å². The van der Waals surface area contributed by atoms with Crippen molar-refractivity contribution in [1.82, 2.24) is 0 Å². The molecule has 0 spiro atoms. The molecule has 3 rings (SSSR count). The largest absolute Gasteiger partial charge is 0.490 e. The lowest BCUT2D eigenvalue weighted by Crippen LogP contribution is -2.13. The van der Waals surface area contributed by atoms with Crippen molar-refractivity contribution >= 4 is 0 Å². The SMILES string of the molecule is CCCCCOc1ccc(C#Cc2ccc([C@H]3CC[C@H](CCC)CC3)cc2)c(F)c1F. The maximum atomic E-state index is 14.4. The zero-order valence-electron chi connectivity index (χ0n) is 18.9. The summed E-state index contributed by atoms with van der Waals surface area (Å²) in [7, 11) is 0. The molecule has 1 aliphatic carbocycles. The molecule has 0 radical (unpaired) electrons. The molecule has 1 fully saturated rings. The zero-order valence-corrected chi connectivity index (χ0v) is 18.9. The molecule has 1 nitrogen and oxygen atoms in total. The van der Waals surface area contributed by atoms with Crippen LogP contribution in [0.1, 0.15) is 94.2 Å². The van der Waals surface area contributed by atoms with E-state index in [1.165, 1.54) is 56.2 Å². The lowest BCUT2D eigenvalue weighted by atomic mass is 9.77. The molecule has 3 heteroatoms. The second-order valence-corrected chi connectivity index (χ2v) is 8.67. The molecule has 0 aliphatic heterocycles. The zero-order chi connectivity index (χ0) is 22.1. The Morgan fingerprint density at radius 2 is 1.58 bits per heavy atom. The van der Waals surface area contributed by atoms with Gasteiger partial charge in [-0.2, -0.15) is 4.39 Å². The highest BCUT2D eigenvalue weighted by Gasteiger charge is 2.21. The molecule has 2 aromatic rings. The monoisotopic (exact) mass is 424 g/mol. The summed E-state index contributed by atoms with van der Waals surface area (Å²) in [5.74, 6) is 5.32. The summed E-state index contributed by atoms with van der Waals surface area (Å²) in [4.78, 5) is 0. The molecule has 1 aliphatic rings. The van der Waals surface area contributed by atoms with E-state index in [0.717, 1.165) is 30.7 Å². The fraction of sp³-hybridized carbons (Fsp3) is 0.500. The van der Waals surface area contributed by atoms with Crippen molar-refractivity contribution in [1.29, 1.82) is 0 Å². The summed E-state index contributed by atoms with van der Waals surface area (Å²) in [5, 5.41) is 0. The Hall–Kier alpha value is -2.34. The number of unbranched alkanes of at least 4 members (excludes halogenated alkanes) is 2. The lowest BCUT2D eigenvalue weighted by Gasteiger charge is -2.28. The molecule has 31 heavy (non-hydrogen) atoms. The molecular formula is C28H34F2O. The Labute approximate surface area is 186 Å². The van der Waals surface area contributed by atoms with Crippen LogP contribution < -0.4 is 4.74 Å². The molecule has 0 unspecified atom stereocenters. The highest BCUT2D eigenvalue weighted by atomic mass is 19.2. The van der Waals surface area contributed by atoms with E-state index in [4.69, 9.17) is 4.74 Å². The lowest BCUT2D eigenvalue weighted by molar-refractivity contribution is 0.286. The van der Waals surface area contributed by atoms with Gasteiger partial charge in [-0.25, -0.2) is 4.39 Å². The number of hydrogen-bond donors (Lipinski definition) is 0. The quantitative estimate of drug-likeness (QED) is 0.308. The van der Waals surface area contributed by atoms with Crippen molar-refractivity contribution in [3.63, 3.8) is 0 Å². The van der Waals surface area contributed by atoms with Gasteiger partial charge >= 0.3 is 0 Å². The third-order valence-corrected chi connectivity index (χ3v) is 6.32. The number of ether oxygens (including phenoxy) is 1. The number of halogens is 2. The standard InChI is InChI=1S/C28H34F2O/c1-3-5-6-20-31-26-19-18-25(27(29)28(26)30)17-12-22-10-15-24(16-11-22)23-13-8-21(7-4-2)9-14-23/h10-11,15-16,18-19,21,23H,3-9,13-14,20H2,1-2H3/t21-,23-. The predicted molar refractivity (Wildman–Crippen MR) is 123 cm³/mol. The number of rotatable bonds is 8. The van der Waals surface area contributed by atoms with Crippen molar-refractivity contribution in [2.45, 2.75) is 77.6 Å². The Morgan fingerprint density at radius 1 is 0.839 bits per heavy atom. The van der Waals surface area contributed by atoms with E-state index < -0.39 is 11.6 Å². The fourth-order valence-electron chi connectivity index (χ4n) is 4.44. The van der Waals surface area contributed by atoms with Crippen LogP contribution in [0.4, 0.5) is 8.78 Å². The Morgan fingerprint density at radius 3 is 2.26 bits per heavy atom. The van der Waals surface area contributed by atoms with Gasteiger partial charge in [0, 0.05) is 5.56 Å². The van der Waals surface area contributed by atoms with Gasteiger partial charge in [-0.05, 0) is 73.8 Å². The summed E-state index contributed by atoms with van der Waals surface area (Å²) in [5.41, 5.74) is 2.22. The number of benzene rings is 2. The van der Waals surface area contributed by atoms with Crippen LogP contribution in [0.3, 0.4) is 0 Å². The van der Waals surface area contributed by atoms with Crippen LogP contribution in [-0.4, -0.2) is 6.61 Å². The van der Waals surface area contributed by atoms with Crippen molar-refractivity contribution in [2.24, 2.45) is 5.92 Å². The van der Waals surface area contributed by atoms with Gasteiger partial charge in [-0.15, -0.1) is 0 Å². The minimum atomic E-state index is -0.961. The summed E-state index contributed by atoms with van der Waals surface area (Å²) < 4.78 is 34.0. The van der Waals surface area contributed by atoms with Gasteiger partial charge in [0.1, 0.15) is 0 Å². The van der Waals surface area contributed by atoms with Crippen molar-refractivity contribution in [3.8, 4) is 17.6 Å². The maximum Gasteiger partial charge on any atom is 0.201 e. The summed E-state index contributed by atoms with van der Waals surface area (Å²) in [6.45, 7) is 4.74. The maximum absolute atomic E-state index is 14.4. The molecule has 0 saturated heterocycles. The Balaban J connectivity index is 1.61. The first-order valence-corrected chi connectivity index (χ1v) is 11.8. The third kappa shape index (κ3) is 6.57. The van der Waals surface area contributed by atoms with E-state index >= 15 is 0 Å². The predicted octanol–water partition coefficient (Wildman–Crippen LogP) is 8.01. The first-order valence-electron chi connectivity index (χ1n) is 11.8. The third-order valence-electron chi connectivity index (χ3n) is 6.32. The molecule has 166 valence electrons. The minimum Gasteiger partial charge on any atom is -0.490 e. The van der Waals surface area contributed by atoms with Crippen LogP contribution in [0, 0.1) is 29.4 Å². The smallest absolute Gasteiger partial charge is 0.201 e. The molecule has 0 atom stereocenters. The Bertz CT molecular complexity index is 884. The van der Waals surface area contributed by atoms with Gasteiger partial charge in [0.05, 0.1) is 12.2 Å². The second-order valence-electron chi connectivity index (χ2n) is 8.67. The second kappa shape index (κ2) is 11.9. The van der Waals surface area contributed by atoms with Crippen LogP contribution in [0.15, 0.2) is 36.4 Å². The van der Waals surface area contributed by atoms with E-state index in [0.29, 0.717) is 12.5 Å². The van der Waals surface area contributed by atoms with E-state index in [1.54, 1.807) is 0 Å². The van der Waals surface area contributed by atoms with Crippen molar-refractivity contribution < 1.29 is 13.5 Å². The van der Waals surface area contributed by atoms with E-state index in [1.807, 2.05) is 12.1 Å². The Kier molecular flexibility index (Phi) is 8.95. The first-order chi connectivity index (χ1) is 15.1. The fourth-order valence-corrected chi connectivity index (χ4v) is 4.44. The van der Waals surface area contributed by atoms with E-state index in [2.05, 4.69) is 37.8 Å². The van der Waals surface area contributed by atoms with Crippen LogP contribution in [0.5, 0.6) is 5.75 Å². The molecule has 0 N–H and O–H groups in total. The minimum absolute atomic E-state index is 0.0443.